The van der Waals surface area contributed by atoms with E-state index in [1.54, 1.807) is 0 Å². The summed E-state index contributed by atoms with van der Waals surface area (Å²) in [5, 5.41) is 5.69. The second-order valence-corrected chi connectivity index (χ2v) is 6.08. The van der Waals surface area contributed by atoms with Gasteiger partial charge in [0.15, 0.2) is 0 Å². The fourth-order valence-corrected chi connectivity index (χ4v) is 2.82. The minimum Gasteiger partial charge on any atom is -0.355 e. The largest absolute Gasteiger partial charge is 0.355 e. The standard InChI is InChI=1S/C19H26N2O2/c1-15(17-10-6-3-7-11-17)21-19(23)14-18(22)20-13-12-16-8-4-2-5-9-16/h3,6-8,10-11,15H,2,4-5,9,12-14H2,1H3,(H,20,22)(H,21,23). The second-order valence-electron chi connectivity index (χ2n) is 6.08. The highest BCUT2D eigenvalue weighted by atomic mass is 16.2. The highest BCUT2D eigenvalue weighted by molar-refractivity contribution is 5.96. The van der Waals surface area contributed by atoms with Crippen LogP contribution in [0.1, 0.15) is 57.1 Å². The third-order valence-electron chi connectivity index (χ3n) is 4.15. The van der Waals surface area contributed by atoms with Crippen molar-refractivity contribution in [2.24, 2.45) is 0 Å². The monoisotopic (exact) mass is 314 g/mol. The summed E-state index contributed by atoms with van der Waals surface area (Å²) in [5.41, 5.74) is 2.46. The summed E-state index contributed by atoms with van der Waals surface area (Å²) < 4.78 is 0. The van der Waals surface area contributed by atoms with Crippen LogP contribution in [-0.4, -0.2) is 18.4 Å². The minimum atomic E-state index is -0.240. The molecule has 23 heavy (non-hydrogen) atoms. The molecule has 0 spiro atoms. The molecule has 1 aliphatic carbocycles. The molecule has 124 valence electrons. The fraction of sp³-hybridized carbons (Fsp3) is 0.474. The molecule has 0 aliphatic heterocycles. The van der Waals surface area contributed by atoms with Crippen molar-refractivity contribution in [3.8, 4) is 0 Å². The number of amides is 2. The Kier molecular flexibility index (Phi) is 6.85. The third-order valence-corrected chi connectivity index (χ3v) is 4.15. The molecule has 2 amide bonds. The number of allylic oxidation sites excluding steroid dienone is 1. The maximum absolute atomic E-state index is 11.9. The first-order chi connectivity index (χ1) is 11.1. The number of hydrogen-bond acceptors (Lipinski definition) is 2. The van der Waals surface area contributed by atoms with Crippen molar-refractivity contribution in [3.63, 3.8) is 0 Å². The normalized spacial score (nSPS) is 15.4. The van der Waals surface area contributed by atoms with Crippen LogP contribution in [0.4, 0.5) is 0 Å². The summed E-state index contributed by atoms with van der Waals surface area (Å²) >= 11 is 0. The Hall–Kier alpha value is -2.10. The molecule has 1 atom stereocenters. The van der Waals surface area contributed by atoms with Gasteiger partial charge in [-0.15, -0.1) is 0 Å². The quantitative estimate of drug-likeness (QED) is 0.599. The first kappa shape index (κ1) is 17.3. The Morgan fingerprint density at radius 3 is 2.61 bits per heavy atom. The Labute approximate surface area is 138 Å². The molecule has 0 heterocycles. The number of nitrogens with one attached hydrogen (secondary N) is 2. The summed E-state index contributed by atoms with van der Waals surface area (Å²) in [5.74, 6) is -0.449. The summed E-state index contributed by atoms with van der Waals surface area (Å²) in [7, 11) is 0. The van der Waals surface area contributed by atoms with Gasteiger partial charge in [-0.3, -0.25) is 9.59 Å². The van der Waals surface area contributed by atoms with Gasteiger partial charge in [-0.25, -0.2) is 0 Å². The van der Waals surface area contributed by atoms with Crippen molar-refractivity contribution in [2.75, 3.05) is 6.54 Å². The van der Waals surface area contributed by atoms with Gasteiger partial charge in [0.2, 0.25) is 11.8 Å². The van der Waals surface area contributed by atoms with E-state index >= 15 is 0 Å². The molecule has 0 saturated heterocycles. The molecule has 1 aromatic carbocycles. The topological polar surface area (TPSA) is 58.2 Å². The lowest BCUT2D eigenvalue weighted by Gasteiger charge is -2.15. The van der Waals surface area contributed by atoms with Crippen LogP contribution in [0.25, 0.3) is 0 Å². The lowest BCUT2D eigenvalue weighted by atomic mass is 9.97. The predicted molar refractivity (Wildman–Crippen MR) is 91.8 cm³/mol. The van der Waals surface area contributed by atoms with Crippen molar-refractivity contribution in [3.05, 3.63) is 47.5 Å². The molecule has 0 fully saturated rings. The van der Waals surface area contributed by atoms with Gasteiger partial charge >= 0.3 is 0 Å². The Morgan fingerprint density at radius 1 is 1.13 bits per heavy atom. The summed E-state index contributed by atoms with van der Waals surface area (Å²) in [6, 6.07) is 9.64. The van der Waals surface area contributed by atoms with Crippen molar-refractivity contribution < 1.29 is 9.59 Å². The Bertz CT molecular complexity index is 552. The van der Waals surface area contributed by atoms with Gasteiger partial charge < -0.3 is 10.6 Å². The summed E-state index contributed by atoms with van der Waals surface area (Å²) in [6.07, 6.45) is 7.89. The van der Waals surface area contributed by atoms with Crippen LogP contribution in [0.2, 0.25) is 0 Å². The van der Waals surface area contributed by atoms with Crippen molar-refractivity contribution in [2.45, 2.75) is 51.5 Å². The van der Waals surface area contributed by atoms with Gasteiger partial charge in [0, 0.05) is 6.54 Å². The van der Waals surface area contributed by atoms with Crippen LogP contribution in [0.15, 0.2) is 42.0 Å². The lowest BCUT2D eigenvalue weighted by molar-refractivity contribution is -0.129. The zero-order valence-electron chi connectivity index (χ0n) is 13.8. The van der Waals surface area contributed by atoms with Gasteiger partial charge in [-0.1, -0.05) is 42.0 Å². The molecule has 0 bridgehead atoms. The number of carbonyl (C=O) groups is 2. The zero-order chi connectivity index (χ0) is 16.5. The van der Waals surface area contributed by atoms with E-state index in [0.29, 0.717) is 6.54 Å². The smallest absolute Gasteiger partial charge is 0.229 e. The molecular weight excluding hydrogens is 288 g/mol. The summed E-state index contributed by atoms with van der Waals surface area (Å²) in [4.78, 5) is 23.7. The lowest BCUT2D eigenvalue weighted by Crippen LogP contribution is -2.33. The number of carbonyl (C=O) groups excluding carboxylic acids is 2. The molecule has 0 radical (unpaired) electrons. The van der Waals surface area contributed by atoms with E-state index in [2.05, 4.69) is 16.7 Å². The van der Waals surface area contributed by atoms with Gasteiger partial charge in [0.05, 0.1) is 6.04 Å². The van der Waals surface area contributed by atoms with Crippen LogP contribution in [0, 0.1) is 0 Å². The fourth-order valence-electron chi connectivity index (χ4n) is 2.82. The number of rotatable bonds is 7. The molecule has 1 aromatic rings. The third kappa shape index (κ3) is 6.27. The molecule has 4 heteroatoms. The number of benzene rings is 1. The van der Waals surface area contributed by atoms with Crippen LogP contribution in [0.5, 0.6) is 0 Å². The van der Waals surface area contributed by atoms with E-state index < -0.39 is 0 Å². The van der Waals surface area contributed by atoms with E-state index in [0.717, 1.165) is 24.8 Å². The molecule has 0 saturated carbocycles. The minimum absolute atomic E-state index is 0.0936. The molecular formula is C19H26N2O2. The van der Waals surface area contributed by atoms with Crippen LogP contribution in [0.3, 0.4) is 0 Å². The van der Waals surface area contributed by atoms with E-state index in [-0.39, 0.29) is 24.3 Å². The van der Waals surface area contributed by atoms with Crippen molar-refractivity contribution in [1.29, 1.82) is 0 Å². The molecule has 1 aliphatic rings. The Morgan fingerprint density at radius 2 is 1.91 bits per heavy atom. The number of hydrogen-bond donors (Lipinski definition) is 2. The van der Waals surface area contributed by atoms with Gasteiger partial charge in [0.1, 0.15) is 6.42 Å². The molecule has 2 N–H and O–H groups in total. The average Bonchev–Trinajstić information content (AvgIpc) is 2.56. The van der Waals surface area contributed by atoms with Crippen LogP contribution >= 0.6 is 0 Å². The van der Waals surface area contributed by atoms with Gasteiger partial charge in [0.25, 0.3) is 0 Å². The van der Waals surface area contributed by atoms with Crippen molar-refractivity contribution >= 4 is 11.8 Å². The SMILES string of the molecule is CC(NC(=O)CC(=O)NCCC1=CCCCC1)c1ccccc1. The van der Waals surface area contributed by atoms with E-state index in [9.17, 15) is 9.59 Å². The van der Waals surface area contributed by atoms with E-state index in [1.807, 2.05) is 37.3 Å². The van der Waals surface area contributed by atoms with Crippen LogP contribution < -0.4 is 10.6 Å². The van der Waals surface area contributed by atoms with E-state index in [1.165, 1.54) is 18.4 Å². The molecule has 2 rings (SSSR count). The maximum Gasteiger partial charge on any atom is 0.229 e. The first-order valence-electron chi connectivity index (χ1n) is 8.44. The Balaban J connectivity index is 1.66. The highest BCUT2D eigenvalue weighted by Gasteiger charge is 2.13. The first-order valence-corrected chi connectivity index (χ1v) is 8.44. The molecule has 1 unspecified atom stereocenters. The molecule has 4 nitrogen and oxygen atoms in total. The second kappa shape index (κ2) is 9.13. The predicted octanol–water partition coefficient (Wildman–Crippen LogP) is 3.26. The highest BCUT2D eigenvalue weighted by Crippen LogP contribution is 2.19. The maximum atomic E-state index is 11.9. The van der Waals surface area contributed by atoms with Gasteiger partial charge in [-0.05, 0) is 44.6 Å². The van der Waals surface area contributed by atoms with Crippen LogP contribution in [-0.2, 0) is 9.59 Å². The zero-order valence-corrected chi connectivity index (χ0v) is 13.8. The van der Waals surface area contributed by atoms with Crippen molar-refractivity contribution in [1.82, 2.24) is 10.6 Å². The van der Waals surface area contributed by atoms with E-state index in [4.69, 9.17) is 0 Å². The summed E-state index contributed by atoms with van der Waals surface area (Å²) in [6.45, 7) is 2.53. The molecule has 0 aromatic heterocycles. The average molecular weight is 314 g/mol. The van der Waals surface area contributed by atoms with Gasteiger partial charge in [-0.2, -0.15) is 0 Å².